The van der Waals surface area contributed by atoms with Crippen LogP contribution < -0.4 is 0 Å². The van der Waals surface area contributed by atoms with Gasteiger partial charge in [-0.15, -0.1) is 0 Å². The summed E-state index contributed by atoms with van der Waals surface area (Å²) < 4.78 is 1.94. The molecule has 84 valence electrons. The summed E-state index contributed by atoms with van der Waals surface area (Å²) in [6.45, 7) is 8.04. The third-order valence-electron chi connectivity index (χ3n) is 3.39. The average molecular weight is 207 g/mol. The second-order valence-corrected chi connectivity index (χ2v) is 4.60. The minimum atomic E-state index is 0.653. The van der Waals surface area contributed by atoms with E-state index in [1.54, 1.807) is 0 Å². The molecule has 1 atom stereocenters. The molecule has 3 nitrogen and oxygen atoms in total. The van der Waals surface area contributed by atoms with E-state index in [1.807, 2.05) is 11.7 Å². The average Bonchev–Trinajstić information content (AvgIpc) is 2.58. The van der Waals surface area contributed by atoms with Crippen molar-refractivity contribution in [1.29, 1.82) is 0 Å². The van der Waals surface area contributed by atoms with Crippen molar-refractivity contribution in [3.63, 3.8) is 0 Å². The van der Waals surface area contributed by atoms with E-state index in [2.05, 4.69) is 30.0 Å². The molecule has 0 radical (unpaired) electrons. The van der Waals surface area contributed by atoms with Crippen LogP contribution in [0.5, 0.6) is 0 Å². The lowest BCUT2D eigenvalue weighted by Crippen LogP contribution is -2.34. The van der Waals surface area contributed by atoms with Crippen LogP contribution >= 0.6 is 0 Å². The molecule has 1 aliphatic heterocycles. The summed E-state index contributed by atoms with van der Waals surface area (Å²) in [5, 5.41) is 4.59. The first kappa shape index (κ1) is 10.7. The highest BCUT2D eigenvalue weighted by Gasteiger charge is 2.23. The molecule has 15 heavy (non-hydrogen) atoms. The van der Waals surface area contributed by atoms with E-state index in [0.29, 0.717) is 5.92 Å². The fourth-order valence-corrected chi connectivity index (χ4v) is 2.59. The maximum absolute atomic E-state index is 4.59. The zero-order valence-electron chi connectivity index (χ0n) is 10.0. The zero-order chi connectivity index (χ0) is 10.8. The van der Waals surface area contributed by atoms with Gasteiger partial charge in [0.25, 0.3) is 0 Å². The number of aromatic nitrogens is 2. The van der Waals surface area contributed by atoms with Gasteiger partial charge in [0.2, 0.25) is 0 Å². The molecule has 1 aliphatic rings. The van der Waals surface area contributed by atoms with Crippen molar-refractivity contribution >= 4 is 0 Å². The Labute approximate surface area is 92.1 Å². The Morgan fingerprint density at radius 2 is 2.33 bits per heavy atom. The molecule has 0 N–H and O–H groups in total. The van der Waals surface area contributed by atoms with Crippen molar-refractivity contribution < 1.29 is 0 Å². The molecule has 1 saturated heterocycles. The molecule has 1 fully saturated rings. The highest BCUT2D eigenvalue weighted by atomic mass is 15.3. The number of nitrogens with zero attached hydrogens (tertiary/aromatic N) is 3. The number of likely N-dealkylation sites (tertiary alicyclic amines) is 1. The monoisotopic (exact) mass is 207 g/mol. The predicted octanol–water partition coefficient (Wildman–Crippen LogP) is 1.93. The van der Waals surface area contributed by atoms with Gasteiger partial charge in [-0.05, 0) is 38.4 Å². The van der Waals surface area contributed by atoms with E-state index in [1.165, 1.54) is 43.7 Å². The Morgan fingerprint density at radius 1 is 1.53 bits per heavy atom. The van der Waals surface area contributed by atoms with Gasteiger partial charge < -0.3 is 4.90 Å². The van der Waals surface area contributed by atoms with Gasteiger partial charge in [-0.25, -0.2) is 0 Å². The van der Waals surface area contributed by atoms with Crippen LogP contribution in [0, 0.1) is 6.92 Å². The number of aryl methyl sites for hydroxylation is 2. The number of likely N-dealkylation sites (N-methyl/N-ethyl adjacent to an activating group) is 1. The maximum Gasteiger partial charge on any atom is 0.0697 e. The summed E-state index contributed by atoms with van der Waals surface area (Å²) in [5.74, 6) is 0.653. The van der Waals surface area contributed by atoms with E-state index >= 15 is 0 Å². The lowest BCUT2D eigenvalue weighted by Gasteiger charge is -2.31. The van der Waals surface area contributed by atoms with E-state index in [0.717, 1.165) is 0 Å². The van der Waals surface area contributed by atoms with Crippen LogP contribution in [0.2, 0.25) is 0 Å². The van der Waals surface area contributed by atoms with Crippen LogP contribution in [0.4, 0.5) is 0 Å². The van der Waals surface area contributed by atoms with Crippen molar-refractivity contribution in [3.05, 3.63) is 17.5 Å². The minimum absolute atomic E-state index is 0.653. The van der Waals surface area contributed by atoms with Gasteiger partial charge in [-0.2, -0.15) is 5.10 Å². The van der Waals surface area contributed by atoms with E-state index in [9.17, 15) is 0 Å². The van der Waals surface area contributed by atoms with Crippen molar-refractivity contribution in [2.75, 3.05) is 19.6 Å². The summed E-state index contributed by atoms with van der Waals surface area (Å²) in [7, 11) is 2.01. The summed E-state index contributed by atoms with van der Waals surface area (Å²) >= 11 is 0. The number of hydrogen-bond acceptors (Lipinski definition) is 2. The van der Waals surface area contributed by atoms with E-state index in [-0.39, 0.29) is 0 Å². The van der Waals surface area contributed by atoms with Crippen LogP contribution in [0.15, 0.2) is 6.20 Å². The van der Waals surface area contributed by atoms with Crippen molar-refractivity contribution in [3.8, 4) is 0 Å². The van der Waals surface area contributed by atoms with Crippen LogP contribution in [0.25, 0.3) is 0 Å². The molecule has 0 saturated carbocycles. The molecular formula is C12H21N3. The Morgan fingerprint density at radius 3 is 2.93 bits per heavy atom. The minimum Gasteiger partial charge on any atom is -0.303 e. The van der Waals surface area contributed by atoms with Crippen molar-refractivity contribution in [1.82, 2.24) is 14.7 Å². The van der Waals surface area contributed by atoms with Gasteiger partial charge in [0.1, 0.15) is 0 Å². The summed E-state index contributed by atoms with van der Waals surface area (Å²) in [6.07, 6.45) is 4.74. The molecule has 0 amide bonds. The normalized spacial score (nSPS) is 23.3. The SMILES string of the molecule is CCN1CCCC(c2nn(C)cc2C)C1. The summed E-state index contributed by atoms with van der Waals surface area (Å²) in [6, 6.07) is 0. The lowest BCUT2D eigenvalue weighted by molar-refractivity contribution is 0.215. The molecular weight excluding hydrogens is 186 g/mol. The van der Waals surface area contributed by atoms with Crippen LogP contribution in [-0.2, 0) is 7.05 Å². The van der Waals surface area contributed by atoms with Gasteiger partial charge in [-0.3, -0.25) is 4.68 Å². The van der Waals surface area contributed by atoms with Crippen LogP contribution in [0.1, 0.15) is 36.9 Å². The third-order valence-corrected chi connectivity index (χ3v) is 3.39. The Bertz CT molecular complexity index is 330. The Hall–Kier alpha value is -0.830. The fourth-order valence-electron chi connectivity index (χ4n) is 2.59. The Kier molecular flexibility index (Phi) is 3.10. The fraction of sp³-hybridized carbons (Fsp3) is 0.750. The second-order valence-electron chi connectivity index (χ2n) is 4.60. The molecule has 1 aromatic rings. The Balaban J connectivity index is 2.13. The first-order valence-corrected chi connectivity index (χ1v) is 5.93. The first-order valence-electron chi connectivity index (χ1n) is 5.93. The van der Waals surface area contributed by atoms with Gasteiger partial charge in [0, 0.05) is 25.7 Å². The van der Waals surface area contributed by atoms with E-state index < -0.39 is 0 Å². The summed E-state index contributed by atoms with van der Waals surface area (Å²) in [5.41, 5.74) is 2.66. The smallest absolute Gasteiger partial charge is 0.0697 e. The van der Waals surface area contributed by atoms with Gasteiger partial charge in [0.05, 0.1) is 5.69 Å². The topological polar surface area (TPSA) is 21.1 Å². The molecule has 1 aromatic heterocycles. The molecule has 0 spiro atoms. The standard InChI is InChI=1S/C12H21N3/c1-4-15-7-5-6-11(9-15)12-10(2)8-14(3)13-12/h8,11H,4-7,9H2,1-3H3. The van der Waals surface area contributed by atoms with E-state index in [4.69, 9.17) is 0 Å². The first-order chi connectivity index (χ1) is 7.20. The largest absolute Gasteiger partial charge is 0.303 e. The molecule has 2 heterocycles. The lowest BCUT2D eigenvalue weighted by atomic mass is 9.93. The molecule has 0 aromatic carbocycles. The predicted molar refractivity (Wildman–Crippen MR) is 62.0 cm³/mol. The van der Waals surface area contributed by atoms with Crippen molar-refractivity contribution in [2.45, 2.75) is 32.6 Å². The number of hydrogen-bond donors (Lipinski definition) is 0. The summed E-state index contributed by atoms with van der Waals surface area (Å²) in [4.78, 5) is 2.53. The molecule has 0 aliphatic carbocycles. The zero-order valence-corrected chi connectivity index (χ0v) is 10.0. The molecule has 1 unspecified atom stereocenters. The van der Waals surface area contributed by atoms with Crippen molar-refractivity contribution in [2.24, 2.45) is 7.05 Å². The number of piperidine rings is 1. The maximum atomic E-state index is 4.59. The third kappa shape index (κ3) is 2.23. The van der Waals surface area contributed by atoms with Crippen LogP contribution in [-0.4, -0.2) is 34.3 Å². The second kappa shape index (κ2) is 4.35. The van der Waals surface area contributed by atoms with Gasteiger partial charge in [0.15, 0.2) is 0 Å². The van der Waals surface area contributed by atoms with Gasteiger partial charge >= 0.3 is 0 Å². The molecule has 2 rings (SSSR count). The highest BCUT2D eigenvalue weighted by molar-refractivity contribution is 5.20. The highest BCUT2D eigenvalue weighted by Crippen LogP contribution is 2.27. The number of rotatable bonds is 2. The van der Waals surface area contributed by atoms with Gasteiger partial charge in [-0.1, -0.05) is 6.92 Å². The molecule has 3 heteroatoms. The van der Waals surface area contributed by atoms with Crippen LogP contribution in [0.3, 0.4) is 0 Å². The molecule has 0 bridgehead atoms. The quantitative estimate of drug-likeness (QED) is 0.739.